The number of hydrogen-bond donors (Lipinski definition) is 0. The Morgan fingerprint density at radius 2 is 0.905 bits per heavy atom. The van der Waals surface area contributed by atoms with Gasteiger partial charge in [0.15, 0.2) is 0 Å². The van der Waals surface area contributed by atoms with Crippen molar-refractivity contribution in [2.45, 2.75) is 122 Å². The van der Waals surface area contributed by atoms with Crippen molar-refractivity contribution >= 4 is 23.9 Å². The zero-order valence-corrected chi connectivity index (χ0v) is 29.0. The van der Waals surface area contributed by atoms with E-state index in [0.29, 0.717) is 37.5 Å². The Hall–Kier alpha value is -2.12. The first-order valence-electron chi connectivity index (χ1n) is 15.9. The average molecular weight is 599 g/mol. The molecule has 0 saturated carbocycles. The monoisotopic (exact) mass is 598 g/mol. The van der Waals surface area contributed by atoms with Crippen molar-refractivity contribution in [3.8, 4) is 0 Å². The lowest BCUT2D eigenvalue weighted by atomic mass is 9.84. The average Bonchev–Trinajstić information content (AvgIpc) is 2.85. The third kappa shape index (κ3) is 14.9. The summed E-state index contributed by atoms with van der Waals surface area (Å²) in [6.07, 6.45) is 3.33. The van der Waals surface area contributed by atoms with Gasteiger partial charge in [-0.15, -0.1) is 0 Å². The molecule has 0 aliphatic heterocycles. The molecule has 0 aromatic carbocycles. The van der Waals surface area contributed by atoms with E-state index in [0.717, 1.165) is 6.42 Å². The first-order valence-corrected chi connectivity index (χ1v) is 15.9. The van der Waals surface area contributed by atoms with Gasteiger partial charge in [0, 0.05) is 0 Å². The van der Waals surface area contributed by atoms with Crippen LogP contribution in [0.2, 0.25) is 0 Å². The second kappa shape index (κ2) is 17.9. The summed E-state index contributed by atoms with van der Waals surface area (Å²) >= 11 is 0. The van der Waals surface area contributed by atoms with E-state index in [1.54, 1.807) is 13.8 Å². The van der Waals surface area contributed by atoms with Gasteiger partial charge in [0.1, 0.15) is 31.8 Å². The smallest absolute Gasteiger partial charge is 0.311 e. The van der Waals surface area contributed by atoms with Gasteiger partial charge >= 0.3 is 23.9 Å². The Labute approximate surface area is 256 Å². The van der Waals surface area contributed by atoms with Crippen LogP contribution in [0.5, 0.6) is 0 Å². The van der Waals surface area contributed by atoms with Gasteiger partial charge in [0.05, 0.1) is 22.7 Å². The van der Waals surface area contributed by atoms with Gasteiger partial charge in [-0.05, 0) is 71.1 Å². The summed E-state index contributed by atoms with van der Waals surface area (Å²) in [4.78, 5) is 52.2. The van der Waals surface area contributed by atoms with E-state index in [-0.39, 0.29) is 44.2 Å². The van der Waals surface area contributed by atoms with Crippen LogP contribution >= 0.6 is 0 Å². The van der Waals surface area contributed by atoms with Gasteiger partial charge in [-0.2, -0.15) is 0 Å². The lowest BCUT2D eigenvalue weighted by molar-refractivity contribution is -0.179. The molecule has 0 aliphatic carbocycles. The largest absolute Gasteiger partial charge is 0.464 e. The maximum Gasteiger partial charge on any atom is 0.311 e. The van der Waals surface area contributed by atoms with E-state index in [2.05, 4.69) is 0 Å². The predicted molar refractivity (Wildman–Crippen MR) is 165 cm³/mol. The summed E-state index contributed by atoms with van der Waals surface area (Å²) in [6.45, 7) is 24.1. The maximum atomic E-state index is 13.2. The molecule has 0 rings (SSSR count). The molecule has 0 saturated heterocycles. The van der Waals surface area contributed by atoms with E-state index in [1.807, 2.05) is 76.2 Å². The highest BCUT2D eigenvalue weighted by atomic mass is 16.6. The Morgan fingerprint density at radius 3 is 1.24 bits per heavy atom. The van der Waals surface area contributed by atoms with Gasteiger partial charge in [-0.25, -0.2) is 0 Å². The molecule has 0 heterocycles. The molecular weight excluding hydrogens is 536 g/mol. The predicted octanol–water partition coefficient (Wildman–Crippen LogP) is 7.41. The van der Waals surface area contributed by atoms with E-state index in [9.17, 15) is 19.2 Å². The van der Waals surface area contributed by atoms with Crippen LogP contribution in [0.25, 0.3) is 0 Å². The minimum absolute atomic E-state index is 0.237. The zero-order chi connectivity index (χ0) is 32.9. The van der Waals surface area contributed by atoms with Crippen LogP contribution in [0, 0.1) is 45.8 Å². The van der Waals surface area contributed by atoms with Gasteiger partial charge in [0.25, 0.3) is 0 Å². The zero-order valence-electron chi connectivity index (χ0n) is 29.0. The Kier molecular flexibility index (Phi) is 17.0. The van der Waals surface area contributed by atoms with Crippen molar-refractivity contribution in [3.05, 3.63) is 0 Å². The van der Waals surface area contributed by atoms with E-state index >= 15 is 0 Å². The Morgan fingerprint density at radius 1 is 0.548 bits per heavy atom. The molecule has 2 atom stereocenters. The van der Waals surface area contributed by atoms with Gasteiger partial charge in [-0.1, -0.05) is 68.7 Å². The first kappa shape index (κ1) is 39.9. The highest BCUT2D eigenvalue weighted by Gasteiger charge is 2.42. The summed E-state index contributed by atoms with van der Waals surface area (Å²) in [5.41, 5.74) is -2.77. The van der Waals surface area contributed by atoms with Crippen molar-refractivity contribution < 1.29 is 38.1 Å². The lowest BCUT2D eigenvalue weighted by Crippen LogP contribution is -2.46. The van der Waals surface area contributed by atoms with Crippen molar-refractivity contribution in [1.82, 2.24) is 0 Å². The van der Waals surface area contributed by atoms with Crippen LogP contribution in [-0.2, 0) is 38.1 Å². The maximum absolute atomic E-state index is 13.2. The molecule has 0 aromatic rings. The molecule has 0 aromatic heterocycles. The van der Waals surface area contributed by atoms with E-state index < -0.39 is 40.1 Å². The molecule has 0 amide bonds. The minimum atomic E-state index is -1.28. The first-order chi connectivity index (χ1) is 19.2. The van der Waals surface area contributed by atoms with Crippen LogP contribution < -0.4 is 0 Å². The van der Waals surface area contributed by atoms with Crippen LogP contribution in [0.15, 0.2) is 0 Å². The SMILES string of the molecule is CCCC(C)(C)C(=O)OCC(COC(=O)C(C)CC(C)C)(COC(=O)C(C)CC(C)C)COC(=O)C(C)(C)CC(C)C. The highest BCUT2D eigenvalue weighted by Crippen LogP contribution is 2.31. The molecule has 0 fully saturated rings. The van der Waals surface area contributed by atoms with E-state index in [1.165, 1.54) is 0 Å². The van der Waals surface area contributed by atoms with Crippen LogP contribution in [0.4, 0.5) is 0 Å². The quantitative estimate of drug-likeness (QED) is 0.105. The second-order valence-electron chi connectivity index (χ2n) is 15.0. The molecule has 0 aliphatic rings. The molecule has 8 nitrogen and oxygen atoms in total. The number of hydrogen-bond acceptors (Lipinski definition) is 8. The Bertz CT molecular complexity index is 824. The van der Waals surface area contributed by atoms with Crippen molar-refractivity contribution in [1.29, 1.82) is 0 Å². The van der Waals surface area contributed by atoms with Gasteiger partial charge < -0.3 is 18.9 Å². The number of carbonyl (C=O) groups excluding carboxylic acids is 4. The molecule has 2 unspecified atom stereocenters. The van der Waals surface area contributed by atoms with Crippen LogP contribution in [0.3, 0.4) is 0 Å². The Balaban J connectivity index is 6.29. The summed E-state index contributed by atoms with van der Waals surface area (Å²) in [5.74, 6) is -1.49. The molecule has 42 heavy (non-hydrogen) atoms. The fraction of sp³-hybridized carbons (Fsp3) is 0.882. The molecule has 8 heteroatoms. The minimum Gasteiger partial charge on any atom is -0.464 e. The molecule has 0 bridgehead atoms. The summed E-state index contributed by atoms with van der Waals surface area (Å²) in [7, 11) is 0. The third-order valence-electron chi connectivity index (χ3n) is 7.41. The molecule has 0 N–H and O–H groups in total. The van der Waals surface area contributed by atoms with Crippen molar-refractivity contribution in [2.24, 2.45) is 45.8 Å². The fourth-order valence-corrected chi connectivity index (χ4v) is 5.25. The topological polar surface area (TPSA) is 105 Å². The normalized spacial score (nSPS) is 15.2. The molecule has 0 radical (unpaired) electrons. The number of esters is 4. The summed E-state index contributed by atoms with van der Waals surface area (Å²) in [6, 6.07) is 0. The van der Waals surface area contributed by atoms with Crippen LogP contribution in [-0.4, -0.2) is 50.3 Å². The van der Waals surface area contributed by atoms with Crippen molar-refractivity contribution in [3.63, 3.8) is 0 Å². The van der Waals surface area contributed by atoms with Crippen LogP contribution in [0.1, 0.15) is 122 Å². The highest BCUT2D eigenvalue weighted by molar-refractivity contribution is 5.77. The van der Waals surface area contributed by atoms with Gasteiger partial charge in [-0.3, -0.25) is 19.2 Å². The summed E-state index contributed by atoms with van der Waals surface area (Å²) in [5, 5.41) is 0. The second-order valence-corrected chi connectivity index (χ2v) is 15.0. The standard InChI is InChI=1S/C34H62O8/c1-14-15-32(10,11)30(37)41-21-34(19-39-28(35)26(8)16-23(2)3,20-40-29(36)27(9)17-24(4)5)22-42-31(38)33(12,13)18-25(6)7/h23-27H,14-22H2,1-13H3. The van der Waals surface area contributed by atoms with E-state index in [4.69, 9.17) is 18.9 Å². The fourth-order valence-electron chi connectivity index (χ4n) is 5.25. The number of rotatable bonds is 20. The van der Waals surface area contributed by atoms with Gasteiger partial charge in [0.2, 0.25) is 0 Å². The van der Waals surface area contributed by atoms with Crippen molar-refractivity contribution in [2.75, 3.05) is 26.4 Å². The summed E-state index contributed by atoms with van der Waals surface area (Å²) < 4.78 is 23.2. The molecule has 246 valence electrons. The molecular formula is C34H62O8. The molecule has 0 spiro atoms. The number of carbonyl (C=O) groups is 4. The number of ether oxygens (including phenoxy) is 4. The third-order valence-corrected chi connectivity index (χ3v) is 7.41. The lowest BCUT2D eigenvalue weighted by Gasteiger charge is -2.35.